The van der Waals surface area contributed by atoms with Crippen molar-refractivity contribution < 1.29 is 4.74 Å². The zero-order valence-electron chi connectivity index (χ0n) is 9.85. The highest BCUT2D eigenvalue weighted by Crippen LogP contribution is 2.18. The number of hydrogen-bond acceptors (Lipinski definition) is 4. The smallest absolute Gasteiger partial charge is 0.164 e. The van der Waals surface area contributed by atoms with Crippen LogP contribution in [-0.4, -0.2) is 34.0 Å². The van der Waals surface area contributed by atoms with Crippen LogP contribution in [0.4, 0.5) is 0 Å². The van der Waals surface area contributed by atoms with Crippen LogP contribution in [0.25, 0.3) is 0 Å². The molecule has 0 atom stereocenters. The maximum absolute atomic E-state index is 5.28. The Hall–Kier alpha value is -0.940. The van der Waals surface area contributed by atoms with E-state index in [0.29, 0.717) is 6.04 Å². The molecule has 16 heavy (non-hydrogen) atoms. The third kappa shape index (κ3) is 3.90. The van der Waals surface area contributed by atoms with E-state index in [1.54, 1.807) is 6.33 Å². The highest BCUT2D eigenvalue weighted by molar-refractivity contribution is 4.86. The Morgan fingerprint density at radius 1 is 1.56 bits per heavy atom. The van der Waals surface area contributed by atoms with E-state index in [1.807, 2.05) is 11.6 Å². The third-order valence-electron chi connectivity index (χ3n) is 2.59. The molecule has 0 amide bonds. The van der Waals surface area contributed by atoms with Gasteiger partial charge >= 0.3 is 0 Å². The lowest BCUT2D eigenvalue weighted by atomic mass is 10.4. The zero-order chi connectivity index (χ0) is 11.2. The van der Waals surface area contributed by atoms with E-state index in [9.17, 15) is 0 Å². The van der Waals surface area contributed by atoms with E-state index in [4.69, 9.17) is 4.74 Å². The highest BCUT2D eigenvalue weighted by Gasteiger charge is 2.20. The molecule has 1 heterocycles. The van der Waals surface area contributed by atoms with E-state index in [0.717, 1.165) is 38.5 Å². The van der Waals surface area contributed by atoms with Crippen molar-refractivity contribution in [2.24, 2.45) is 0 Å². The average molecular weight is 224 g/mol. The molecule has 2 rings (SSSR count). The van der Waals surface area contributed by atoms with Gasteiger partial charge in [0, 0.05) is 25.8 Å². The van der Waals surface area contributed by atoms with Gasteiger partial charge in [-0.1, -0.05) is 0 Å². The summed E-state index contributed by atoms with van der Waals surface area (Å²) in [6, 6.07) is 0.713. The fourth-order valence-corrected chi connectivity index (χ4v) is 1.52. The Labute approximate surface area is 96.2 Å². The average Bonchev–Trinajstić information content (AvgIpc) is 3.02. The van der Waals surface area contributed by atoms with E-state index >= 15 is 0 Å². The molecule has 0 spiro atoms. The van der Waals surface area contributed by atoms with Crippen LogP contribution in [0.5, 0.6) is 0 Å². The second kappa shape index (κ2) is 5.96. The lowest BCUT2D eigenvalue weighted by Gasteiger charge is -2.01. The summed E-state index contributed by atoms with van der Waals surface area (Å²) in [5, 5.41) is 7.79. The summed E-state index contributed by atoms with van der Waals surface area (Å²) >= 11 is 0. The summed E-state index contributed by atoms with van der Waals surface area (Å²) < 4.78 is 7.17. The number of ether oxygens (including phenoxy) is 1. The summed E-state index contributed by atoms with van der Waals surface area (Å²) in [6.45, 7) is 5.27. The summed E-state index contributed by atoms with van der Waals surface area (Å²) in [4.78, 5) is 4.26. The van der Waals surface area contributed by atoms with Crippen molar-refractivity contribution in [3.63, 3.8) is 0 Å². The minimum Gasteiger partial charge on any atom is -0.382 e. The molecule has 1 aromatic heterocycles. The van der Waals surface area contributed by atoms with E-state index in [2.05, 4.69) is 15.4 Å². The Balaban J connectivity index is 1.64. The molecule has 0 bridgehead atoms. The van der Waals surface area contributed by atoms with Gasteiger partial charge in [-0.15, -0.1) is 0 Å². The molecule has 0 aliphatic heterocycles. The molecular formula is C11H20N4O. The summed E-state index contributed by atoms with van der Waals surface area (Å²) in [6.07, 6.45) is 5.40. The normalized spacial score (nSPS) is 15.6. The fraction of sp³-hybridized carbons (Fsp3) is 0.818. The van der Waals surface area contributed by atoms with Crippen LogP contribution in [0.15, 0.2) is 6.33 Å². The monoisotopic (exact) mass is 224 g/mol. The minimum absolute atomic E-state index is 0.713. The topological polar surface area (TPSA) is 52.0 Å². The highest BCUT2D eigenvalue weighted by atomic mass is 16.5. The van der Waals surface area contributed by atoms with Crippen LogP contribution >= 0.6 is 0 Å². The predicted octanol–water partition coefficient (Wildman–Crippen LogP) is 0.957. The molecule has 0 unspecified atom stereocenters. The second-order valence-electron chi connectivity index (χ2n) is 4.13. The molecule has 1 N–H and O–H groups in total. The summed E-state index contributed by atoms with van der Waals surface area (Å²) in [5.74, 6) is 0.892. The summed E-state index contributed by atoms with van der Waals surface area (Å²) in [5.41, 5.74) is 0. The van der Waals surface area contributed by atoms with Crippen LogP contribution < -0.4 is 5.32 Å². The van der Waals surface area contributed by atoms with Gasteiger partial charge in [-0.2, -0.15) is 5.10 Å². The van der Waals surface area contributed by atoms with Gasteiger partial charge < -0.3 is 10.1 Å². The van der Waals surface area contributed by atoms with E-state index in [-0.39, 0.29) is 0 Å². The largest absolute Gasteiger partial charge is 0.382 e. The predicted molar refractivity (Wildman–Crippen MR) is 61.0 cm³/mol. The van der Waals surface area contributed by atoms with Crippen molar-refractivity contribution >= 4 is 0 Å². The molecule has 90 valence electrons. The van der Waals surface area contributed by atoms with E-state index < -0.39 is 0 Å². The van der Waals surface area contributed by atoms with Crippen LogP contribution in [0, 0.1) is 0 Å². The van der Waals surface area contributed by atoms with Gasteiger partial charge in [0.1, 0.15) is 6.33 Å². The Morgan fingerprint density at radius 2 is 2.44 bits per heavy atom. The molecule has 5 nitrogen and oxygen atoms in total. The van der Waals surface area contributed by atoms with Gasteiger partial charge in [0.2, 0.25) is 0 Å². The van der Waals surface area contributed by atoms with Crippen molar-refractivity contribution in [1.29, 1.82) is 0 Å². The first kappa shape index (κ1) is 11.5. The molecule has 1 saturated carbocycles. The van der Waals surface area contributed by atoms with Crippen molar-refractivity contribution in [2.45, 2.75) is 45.3 Å². The number of aromatic nitrogens is 3. The van der Waals surface area contributed by atoms with Crippen molar-refractivity contribution in [3.05, 3.63) is 12.2 Å². The quantitative estimate of drug-likeness (QED) is 0.668. The number of hydrogen-bond donors (Lipinski definition) is 1. The van der Waals surface area contributed by atoms with Gasteiger partial charge in [0.05, 0.1) is 6.54 Å². The van der Waals surface area contributed by atoms with Crippen LogP contribution in [0.2, 0.25) is 0 Å². The molecule has 0 aromatic carbocycles. The number of rotatable bonds is 8. The number of nitrogens with zero attached hydrogens (tertiary/aromatic N) is 3. The van der Waals surface area contributed by atoms with Gasteiger partial charge in [-0.25, -0.2) is 4.98 Å². The number of aryl methyl sites for hydroxylation is 1. The molecule has 1 fully saturated rings. The van der Waals surface area contributed by atoms with Crippen LogP contribution in [0.3, 0.4) is 0 Å². The van der Waals surface area contributed by atoms with Gasteiger partial charge in [0.25, 0.3) is 0 Å². The van der Waals surface area contributed by atoms with Crippen molar-refractivity contribution in [2.75, 3.05) is 13.2 Å². The Kier molecular flexibility index (Phi) is 4.30. The number of nitrogens with one attached hydrogen (secondary N) is 1. The Morgan fingerprint density at radius 3 is 3.19 bits per heavy atom. The lowest BCUT2D eigenvalue weighted by molar-refractivity contribution is 0.140. The fourth-order valence-electron chi connectivity index (χ4n) is 1.52. The standard InChI is InChI=1S/C11H20N4O/c1-2-16-7-3-6-15-9-13-11(14-15)8-12-10-4-5-10/h9-10,12H,2-8H2,1H3. The molecular weight excluding hydrogens is 204 g/mol. The first-order chi connectivity index (χ1) is 7.88. The maximum Gasteiger partial charge on any atom is 0.164 e. The first-order valence-electron chi connectivity index (χ1n) is 6.08. The second-order valence-corrected chi connectivity index (χ2v) is 4.13. The minimum atomic E-state index is 0.713. The van der Waals surface area contributed by atoms with Crippen LogP contribution in [-0.2, 0) is 17.8 Å². The SMILES string of the molecule is CCOCCCn1cnc(CNC2CC2)n1. The Bertz CT molecular complexity index is 309. The molecule has 1 aliphatic rings. The molecule has 1 aliphatic carbocycles. The van der Waals surface area contributed by atoms with Gasteiger partial charge in [-0.05, 0) is 26.2 Å². The molecule has 0 saturated heterocycles. The molecule has 5 heteroatoms. The molecule has 0 radical (unpaired) electrons. The maximum atomic E-state index is 5.28. The molecule has 1 aromatic rings. The zero-order valence-corrected chi connectivity index (χ0v) is 9.85. The van der Waals surface area contributed by atoms with Gasteiger partial charge in [0.15, 0.2) is 5.82 Å². The van der Waals surface area contributed by atoms with Crippen LogP contribution in [0.1, 0.15) is 32.0 Å². The third-order valence-corrected chi connectivity index (χ3v) is 2.59. The summed E-state index contributed by atoms with van der Waals surface area (Å²) in [7, 11) is 0. The van der Waals surface area contributed by atoms with E-state index in [1.165, 1.54) is 12.8 Å². The van der Waals surface area contributed by atoms with Gasteiger partial charge in [-0.3, -0.25) is 4.68 Å². The lowest BCUT2D eigenvalue weighted by Crippen LogP contribution is -2.16. The van der Waals surface area contributed by atoms with Crippen molar-refractivity contribution in [3.8, 4) is 0 Å². The first-order valence-corrected chi connectivity index (χ1v) is 6.08. The van der Waals surface area contributed by atoms with Crippen molar-refractivity contribution in [1.82, 2.24) is 20.1 Å².